The van der Waals surface area contributed by atoms with Gasteiger partial charge in [0.05, 0.1) is 11.2 Å². The summed E-state index contributed by atoms with van der Waals surface area (Å²) in [5, 5.41) is 24.5. The van der Waals surface area contributed by atoms with Gasteiger partial charge in [-0.15, -0.1) is 0 Å². The van der Waals surface area contributed by atoms with Crippen LogP contribution in [-0.2, 0) is 9.31 Å². The van der Waals surface area contributed by atoms with Crippen molar-refractivity contribution in [3.63, 3.8) is 0 Å². The van der Waals surface area contributed by atoms with Crippen LogP contribution in [0.5, 0.6) is 0 Å². The van der Waals surface area contributed by atoms with Crippen LogP contribution in [0.2, 0.25) is 0 Å². The third-order valence-corrected chi connectivity index (χ3v) is 20.3. The number of benzene rings is 16. The SMILES string of the molecule is Brc1c2ccccc2c(-c2cccc3ccccc23)c2ccccc12.CC1(C)OB(c2ccc3oc4cc5ccccc5cc4c3c2)OC1(C)C.c1ccc2cc3c(cc2c1)oc1ccc(-c2c4ccccc4c(-c4cccc5ccccc45)c4ccccc24)cc13. The fourth-order valence-electron chi connectivity index (χ4n) is 14.2. The minimum Gasteiger partial charge on any atom is -0.456 e. The molecule has 0 bridgehead atoms. The van der Waals surface area contributed by atoms with Crippen LogP contribution >= 0.6 is 15.9 Å². The third kappa shape index (κ3) is 9.27. The van der Waals surface area contributed by atoms with Crippen molar-refractivity contribution in [1.29, 1.82) is 0 Å². The lowest BCUT2D eigenvalue weighted by molar-refractivity contribution is 0.00578. The Kier molecular flexibility index (Phi) is 13.3. The Morgan fingerprint density at radius 2 is 0.587 bits per heavy atom. The van der Waals surface area contributed by atoms with Gasteiger partial charge in [0.25, 0.3) is 0 Å². The standard InChI is InChI=1S/C40H24O.C24H15Br.C22H21BO3/c1-2-12-27-24-38-36(22-26(27)11-1)35-23-28(20-21-37(35)41-38)39-31-15-5-7-17-33(31)40(34-18-8-6-16-32(34)39)30-19-9-13-25-10-3-4-14-29(25)30;25-24-21-13-5-3-11-19(21)23(20-12-4-6-14-22(20)24)18-15-7-9-16-8-1-2-10-17(16)18;1-21(2)22(3,4)26-23(25-21)16-9-10-19-18(13-16)17-11-14-7-5-6-8-15(14)12-20(17)24-19/h1-24H;1-15H;5-13H,1-4H3. The maximum Gasteiger partial charge on any atom is 0.494 e. The van der Waals surface area contributed by atoms with E-state index in [-0.39, 0.29) is 18.3 Å². The number of rotatable bonds is 4. The van der Waals surface area contributed by atoms with Crippen LogP contribution in [0, 0.1) is 0 Å². The van der Waals surface area contributed by atoms with Gasteiger partial charge in [-0.3, -0.25) is 0 Å². The number of hydrogen-bond donors (Lipinski definition) is 0. The molecule has 0 saturated carbocycles. The van der Waals surface area contributed by atoms with Crippen molar-refractivity contribution in [3.05, 3.63) is 296 Å². The van der Waals surface area contributed by atoms with Crippen molar-refractivity contribution < 1.29 is 18.1 Å². The molecule has 18 aromatic rings. The molecule has 0 spiro atoms. The van der Waals surface area contributed by atoms with E-state index in [1.165, 1.54) is 124 Å². The van der Waals surface area contributed by atoms with Gasteiger partial charge >= 0.3 is 7.12 Å². The first-order valence-corrected chi connectivity index (χ1v) is 32.4. The first-order valence-electron chi connectivity index (χ1n) is 31.6. The Morgan fingerprint density at radius 1 is 0.261 bits per heavy atom. The highest BCUT2D eigenvalue weighted by Gasteiger charge is 2.51. The van der Waals surface area contributed by atoms with Gasteiger partial charge in [-0.05, 0) is 211 Å². The highest BCUT2D eigenvalue weighted by atomic mass is 79.9. The highest BCUT2D eigenvalue weighted by molar-refractivity contribution is 9.10. The molecule has 0 unspecified atom stereocenters. The van der Waals surface area contributed by atoms with Crippen molar-refractivity contribution in [3.8, 4) is 33.4 Å². The average Bonchev–Trinajstić information content (AvgIpc) is 0.860. The fourth-order valence-corrected chi connectivity index (χ4v) is 14.9. The van der Waals surface area contributed by atoms with E-state index in [1.54, 1.807) is 0 Å². The normalized spacial score (nSPS) is 13.8. The van der Waals surface area contributed by atoms with Gasteiger partial charge in [-0.25, -0.2) is 0 Å². The zero-order valence-electron chi connectivity index (χ0n) is 51.3. The molecule has 1 aliphatic heterocycles. The molecule has 0 atom stereocenters. The van der Waals surface area contributed by atoms with Gasteiger partial charge in [-0.2, -0.15) is 0 Å². The molecular weight excluding hydrogens is 1190 g/mol. The number of furan rings is 2. The van der Waals surface area contributed by atoms with Crippen molar-refractivity contribution in [2.24, 2.45) is 0 Å². The van der Waals surface area contributed by atoms with Crippen LogP contribution in [-0.4, -0.2) is 18.3 Å². The topological polar surface area (TPSA) is 44.7 Å². The van der Waals surface area contributed by atoms with E-state index in [9.17, 15) is 0 Å². The molecule has 0 N–H and O–H groups in total. The minimum absolute atomic E-state index is 0.346. The van der Waals surface area contributed by atoms with Crippen LogP contribution in [0.25, 0.3) is 163 Å². The summed E-state index contributed by atoms with van der Waals surface area (Å²) < 4.78 is 26.0. The van der Waals surface area contributed by atoms with Gasteiger partial charge in [0.15, 0.2) is 0 Å². The van der Waals surface area contributed by atoms with E-state index in [0.29, 0.717) is 0 Å². The Hall–Kier alpha value is -10.3. The second-order valence-electron chi connectivity index (χ2n) is 25.3. The van der Waals surface area contributed by atoms with Crippen LogP contribution in [0.3, 0.4) is 0 Å². The maximum atomic E-state index is 6.34. The molecule has 1 saturated heterocycles. The van der Waals surface area contributed by atoms with E-state index >= 15 is 0 Å². The molecule has 438 valence electrons. The van der Waals surface area contributed by atoms with Gasteiger partial charge in [0, 0.05) is 26.0 Å². The quantitative estimate of drug-likeness (QED) is 0.130. The zero-order chi connectivity index (χ0) is 61.8. The first-order chi connectivity index (χ1) is 45.0. The zero-order valence-corrected chi connectivity index (χ0v) is 52.9. The van der Waals surface area contributed by atoms with E-state index in [0.717, 1.165) is 49.3 Å². The molecule has 0 radical (unpaired) electrons. The number of hydrogen-bond acceptors (Lipinski definition) is 4. The molecular formula is C86H60BBrO4. The van der Waals surface area contributed by atoms with Gasteiger partial charge in [0.1, 0.15) is 22.3 Å². The number of halogens is 1. The Bertz CT molecular complexity index is 5870. The summed E-state index contributed by atoms with van der Waals surface area (Å²) in [6, 6.07) is 104. The van der Waals surface area contributed by atoms with Crippen LogP contribution < -0.4 is 5.46 Å². The van der Waals surface area contributed by atoms with E-state index in [1.807, 2.05) is 18.2 Å². The molecule has 19 rings (SSSR count). The summed E-state index contributed by atoms with van der Waals surface area (Å²) in [6.45, 7) is 8.30. The maximum absolute atomic E-state index is 6.34. The van der Waals surface area contributed by atoms with Crippen LogP contribution in [0.4, 0.5) is 0 Å². The lowest BCUT2D eigenvalue weighted by atomic mass is 9.78. The molecule has 92 heavy (non-hydrogen) atoms. The van der Waals surface area contributed by atoms with E-state index in [2.05, 4.69) is 317 Å². The first kappa shape index (κ1) is 55.7. The lowest BCUT2D eigenvalue weighted by Crippen LogP contribution is -2.41. The Morgan fingerprint density at radius 3 is 1.03 bits per heavy atom. The van der Waals surface area contributed by atoms with Gasteiger partial charge in [-0.1, -0.05) is 249 Å². The van der Waals surface area contributed by atoms with Crippen molar-refractivity contribution in [1.82, 2.24) is 0 Å². The summed E-state index contributed by atoms with van der Waals surface area (Å²) >= 11 is 3.84. The summed E-state index contributed by atoms with van der Waals surface area (Å²) in [5.74, 6) is 0. The third-order valence-electron chi connectivity index (χ3n) is 19.4. The van der Waals surface area contributed by atoms with Gasteiger partial charge in [0.2, 0.25) is 0 Å². The number of fused-ring (bicyclic) bond motifs is 14. The Labute approximate surface area is 541 Å². The molecule has 3 heterocycles. The largest absolute Gasteiger partial charge is 0.494 e. The van der Waals surface area contributed by atoms with E-state index in [4.69, 9.17) is 18.1 Å². The van der Waals surface area contributed by atoms with E-state index < -0.39 is 0 Å². The lowest BCUT2D eigenvalue weighted by Gasteiger charge is -2.32. The van der Waals surface area contributed by atoms with Crippen molar-refractivity contribution in [2.45, 2.75) is 38.9 Å². The molecule has 2 aromatic heterocycles. The molecule has 16 aromatic carbocycles. The smallest absolute Gasteiger partial charge is 0.456 e. The predicted molar refractivity (Wildman–Crippen MR) is 394 cm³/mol. The molecule has 1 aliphatic rings. The molecule has 4 nitrogen and oxygen atoms in total. The minimum atomic E-state index is -0.366. The average molecular weight is 1250 g/mol. The molecule has 0 aliphatic carbocycles. The van der Waals surface area contributed by atoms with Gasteiger partial charge < -0.3 is 18.1 Å². The van der Waals surface area contributed by atoms with Crippen LogP contribution in [0.1, 0.15) is 27.7 Å². The second-order valence-corrected chi connectivity index (χ2v) is 26.1. The summed E-state index contributed by atoms with van der Waals surface area (Å²) in [5.41, 5.74) is 11.6. The summed E-state index contributed by atoms with van der Waals surface area (Å²) in [4.78, 5) is 0. The predicted octanol–water partition coefficient (Wildman–Crippen LogP) is 24.1. The second kappa shape index (κ2) is 22.0. The summed E-state index contributed by atoms with van der Waals surface area (Å²) in [6.07, 6.45) is 0. The highest BCUT2D eigenvalue weighted by Crippen LogP contribution is 2.48. The molecule has 6 heteroatoms. The van der Waals surface area contributed by atoms with Crippen molar-refractivity contribution in [2.75, 3.05) is 0 Å². The fraction of sp³-hybridized carbons (Fsp3) is 0.0698. The molecule has 0 amide bonds. The van der Waals surface area contributed by atoms with Crippen LogP contribution in [0.15, 0.2) is 304 Å². The van der Waals surface area contributed by atoms with Crippen molar-refractivity contribution >= 4 is 159 Å². The molecule has 1 fully saturated rings. The monoisotopic (exact) mass is 1250 g/mol. The summed E-state index contributed by atoms with van der Waals surface area (Å²) in [7, 11) is -0.366. The Balaban J connectivity index is 0.000000111.